The average molecular weight is 349 g/mol. The highest BCUT2D eigenvalue weighted by Crippen LogP contribution is 2.30. The van der Waals surface area contributed by atoms with Gasteiger partial charge >= 0.3 is 5.97 Å². The van der Waals surface area contributed by atoms with Crippen molar-refractivity contribution in [1.29, 1.82) is 0 Å². The van der Waals surface area contributed by atoms with Crippen molar-refractivity contribution in [2.45, 2.75) is 58.5 Å². The van der Waals surface area contributed by atoms with Gasteiger partial charge in [-0.05, 0) is 58.4 Å². The van der Waals surface area contributed by atoms with Crippen molar-refractivity contribution < 1.29 is 22.1 Å². The molecule has 0 saturated heterocycles. The molecule has 7 heteroatoms. The molecule has 136 valence electrons. The van der Waals surface area contributed by atoms with Gasteiger partial charge in [-0.25, -0.2) is 0 Å². The number of nitrogens with one attached hydrogen (secondary N) is 1. The molecule has 0 atom stereocenters. The van der Waals surface area contributed by atoms with Crippen LogP contribution in [0.1, 0.15) is 52.9 Å². The van der Waals surface area contributed by atoms with Gasteiger partial charge < -0.3 is 10.1 Å². The summed E-state index contributed by atoms with van der Waals surface area (Å²) in [6.45, 7) is 6.93. The Morgan fingerprint density at radius 3 is 2.22 bits per heavy atom. The largest absolute Gasteiger partial charge is 0.459 e. The quantitative estimate of drug-likeness (QED) is 0.410. The predicted molar refractivity (Wildman–Crippen MR) is 89.6 cm³/mol. The second-order valence-electron chi connectivity index (χ2n) is 7.43. The van der Waals surface area contributed by atoms with Crippen LogP contribution in [-0.2, 0) is 23.8 Å². The zero-order valence-electron chi connectivity index (χ0n) is 14.8. The van der Waals surface area contributed by atoms with E-state index in [0.717, 1.165) is 44.9 Å². The number of esters is 1. The van der Waals surface area contributed by atoms with Gasteiger partial charge in [0.1, 0.15) is 5.60 Å². The topological polar surface area (TPSA) is 81.7 Å². The van der Waals surface area contributed by atoms with Crippen molar-refractivity contribution in [3.63, 3.8) is 0 Å². The van der Waals surface area contributed by atoms with Gasteiger partial charge in [0.25, 0.3) is 10.1 Å². The zero-order valence-corrected chi connectivity index (χ0v) is 15.6. The van der Waals surface area contributed by atoms with Crippen LogP contribution in [0.15, 0.2) is 0 Å². The van der Waals surface area contributed by atoms with Crippen LogP contribution in [-0.4, -0.2) is 45.9 Å². The SMILES string of the molecule is CC(C)(C)OC(=O)CNCCC1CCC(COS(C)(=O)=O)CC1. The number of hydrogen-bond acceptors (Lipinski definition) is 6. The lowest BCUT2D eigenvalue weighted by Gasteiger charge is -2.28. The molecule has 1 aliphatic rings. The fourth-order valence-corrected chi connectivity index (χ4v) is 3.22. The van der Waals surface area contributed by atoms with Crippen LogP contribution in [0.3, 0.4) is 0 Å². The molecule has 0 radical (unpaired) electrons. The van der Waals surface area contributed by atoms with E-state index in [4.69, 9.17) is 8.92 Å². The van der Waals surface area contributed by atoms with Crippen LogP contribution >= 0.6 is 0 Å². The molecule has 0 aromatic rings. The van der Waals surface area contributed by atoms with Gasteiger partial charge in [-0.15, -0.1) is 0 Å². The van der Waals surface area contributed by atoms with E-state index in [9.17, 15) is 13.2 Å². The summed E-state index contributed by atoms with van der Waals surface area (Å²) >= 11 is 0. The third-order valence-corrected chi connectivity index (χ3v) is 4.47. The molecule has 0 aromatic carbocycles. The van der Waals surface area contributed by atoms with Gasteiger partial charge in [0.2, 0.25) is 0 Å². The molecule has 1 fully saturated rings. The van der Waals surface area contributed by atoms with Crippen LogP contribution < -0.4 is 5.32 Å². The Hall–Kier alpha value is -0.660. The lowest BCUT2D eigenvalue weighted by atomic mass is 9.81. The minimum Gasteiger partial charge on any atom is -0.459 e. The minimum absolute atomic E-state index is 0.223. The standard InChI is InChI=1S/C16H31NO5S/c1-16(2,3)22-15(18)11-17-10-9-13-5-7-14(8-6-13)12-21-23(4,19)20/h13-14,17H,5-12H2,1-4H3. The first-order chi connectivity index (χ1) is 10.6. The normalized spacial score (nSPS) is 22.8. The molecule has 0 aliphatic heterocycles. The summed E-state index contributed by atoms with van der Waals surface area (Å²) in [5, 5.41) is 3.13. The van der Waals surface area contributed by atoms with E-state index in [1.165, 1.54) is 0 Å². The molecule has 0 heterocycles. The Balaban J connectivity index is 2.09. The number of rotatable bonds is 8. The lowest BCUT2D eigenvalue weighted by Crippen LogP contribution is -2.32. The first-order valence-electron chi connectivity index (χ1n) is 8.32. The second-order valence-corrected chi connectivity index (χ2v) is 9.07. The summed E-state index contributed by atoms with van der Waals surface area (Å²) in [5.41, 5.74) is -0.439. The van der Waals surface area contributed by atoms with Gasteiger partial charge in [0.15, 0.2) is 0 Å². The molecule has 0 spiro atoms. The predicted octanol–water partition coefficient (Wildman–Crippen LogP) is 2.09. The third kappa shape index (κ3) is 10.7. The summed E-state index contributed by atoms with van der Waals surface area (Å²) in [4.78, 5) is 11.6. The van der Waals surface area contributed by atoms with Crippen LogP contribution in [0.4, 0.5) is 0 Å². The highest BCUT2D eigenvalue weighted by Gasteiger charge is 2.22. The average Bonchev–Trinajstić information content (AvgIpc) is 2.40. The van der Waals surface area contributed by atoms with E-state index in [1.54, 1.807) is 0 Å². The van der Waals surface area contributed by atoms with Crippen molar-refractivity contribution in [1.82, 2.24) is 5.32 Å². The second kappa shape index (κ2) is 8.99. The van der Waals surface area contributed by atoms with Crippen LogP contribution in [0.25, 0.3) is 0 Å². The van der Waals surface area contributed by atoms with E-state index in [1.807, 2.05) is 20.8 Å². The Labute approximate surface area is 140 Å². The van der Waals surface area contributed by atoms with Crippen LogP contribution in [0.2, 0.25) is 0 Å². The third-order valence-electron chi connectivity index (χ3n) is 3.90. The fraction of sp³-hybridized carbons (Fsp3) is 0.938. The van der Waals surface area contributed by atoms with Gasteiger partial charge in [0, 0.05) is 0 Å². The van der Waals surface area contributed by atoms with E-state index >= 15 is 0 Å². The number of ether oxygens (including phenoxy) is 1. The summed E-state index contributed by atoms with van der Waals surface area (Å²) < 4.78 is 32.1. The Bertz CT molecular complexity index is 461. The highest BCUT2D eigenvalue weighted by molar-refractivity contribution is 7.85. The van der Waals surface area contributed by atoms with E-state index in [2.05, 4.69) is 5.32 Å². The molecular weight excluding hydrogens is 318 g/mol. The maximum Gasteiger partial charge on any atom is 0.320 e. The van der Waals surface area contributed by atoms with Gasteiger partial charge in [0.05, 0.1) is 19.4 Å². The molecule has 0 unspecified atom stereocenters. The molecule has 1 N–H and O–H groups in total. The van der Waals surface area contributed by atoms with Gasteiger partial charge in [-0.1, -0.05) is 12.8 Å². The number of carbonyl (C=O) groups is 1. The molecular formula is C16H31NO5S. The first kappa shape index (κ1) is 20.4. The van der Waals surface area contributed by atoms with Crippen molar-refractivity contribution in [3.8, 4) is 0 Å². The van der Waals surface area contributed by atoms with E-state index < -0.39 is 15.7 Å². The molecule has 1 rings (SSSR count). The maximum absolute atomic E-state index is 11.6. The maximum atomic E-state index is 11.6. The van der Waals surface area contributed by atoms with Crippen molar-refractivity contribution in [2.75, 3.05) is 26.0 Å². The Morgan fingerprint density at radius 2 is 1.70 bits per heavy atom. The molecule has 6 nitrogen and oxygen atoms in total. The molecule has 0 amide bonds. The monoisotopic (exact) mass is 349 g/mol. The number of carbonyl (C=O) groups excluding carboxylic acids is 1. The number of hydrogen-bond donors (Lipinski definition) is 1. The van der Waals surface area contributed by atoms with Crippen molar-refractivity contribution >= 4 is 16.1 Å². The van der Waals surface area contributed by atoms with E-state index in [0.29, 0.717) is 18.4 Å². The first-order valence-corrected chi connectivity index (χ1v) is 10.1. The molecule has 0 bridgehead atoms. The van der Waals surface area contributed by atoms with Gasteiger partial charge in [-0.3, -0.25) is 8.98 Å². The van der Waals surface area contributed by atoms with Crippen LogP contribution in [0, 0.1) is 11.8 Å². The minimum atomic E-state index is -3.33. The molecule has 0 aromatic heterocycles. The fourth-order valence-electron chi connectivity index (χ4n) is 2.78. The molecule has 1 aliphatic carbocycles. The summed E-state index contributed by atoms with van der Waals surface area (Å²) in [6, 6.07) is 0. The summed E-state index contributed by atoms with van der Waals surface area (Å²) in [6.07, 6.45) is 6.31. The summed E-state index contributed by atoms with van der Waals surface area (Å²) in [5.74, 6) is 0.755. The van der Waals surface area contributed by atoms with Gasteiger partial charge in [-0.2, -0.15) is 8.42 Å². The smallest absolute Gasteiger partial charge is 0.320 e. The molecule has 1 saturated carbocycles. The lowest BCUT2D eigenvalue weighted by molar-refractivity contribution is -0.153. The Morgan fingerprint density at radius 1 is 1.13 bits per heavy atom. The van der Waals surface area contributed by atoms with E-state index in [-0.39, 0.29) is 12.5 Å². The molecule has 23 heavy (non-hydrogen) atoms. The highest BCUT2D eigenvalue weighted by atomic mass is 32.2. The summed E-state index contributed by atoms with van der Waals surface area (Å²) in [7, 11) is -3.33. The van der Waals surface area contributed by atoms with Crippen LogP contribution in [0.5, 0.6) is 0 Å². The van der Waals surface area contributed by atoms with Crippen molar-refractivity contribution in [3.05, 3.63) is 0 Å². The van der Waals surface area contributed by atoms with Crippen molar-refractivity contribution in [2.24, 2.45) is 11.8 Å². The Kier molecular flexibility index (Phi) is 7.97. The zero-order chi connectivity index (χ0) is 17.5.